The normalized spacial score (nSPS) is 11.1. The van der Waals surface area contributed by atoms with Gasteiger partial charge in [-0.15, -0.1) is 0 Å². The predicted molar refractivity (Wildman–Crippen MR) is 121 cm³/mol. The Morgan fingerprint density at radius 3 is 2.59 bits per heavy atom. The number of nitrogens with zero attached hydrogens (tertiary/aromatic N) is 5. The van der Waals surface area contributed by atoms with Crippen molar-refractivity contribution in [3.63, 3.8) is 0 Å². The molecule has 3 heterocycles. The zero-order valence-electron chi connectivity index (χ0n) is 17.9. The first-order valence-corrected chi connectivity index (χ1v) is 10.6. The lowest BCUT2D eigenvalue weighted by molar-refractivity contribution is -0.113. The standard InChI is InChI=1S/C21H20N6O4S/c1-11-6-5-7-13(8-11)17-23-18-16(20(29)27(4)21(30)26(18)3)19(24-17)32-10-15(28)22-14-9-12(2)31-25-14/h5-9H,10H2,1-4H3,(H,22,25,28). The van der Waals surface area contributed by atoms with Gasteiger partial charge in [0.25, 0.3) is 5.56 Å². The summed E-state index contributed by atoms with van der Waals surface area (Å²) < 4.78 is 7.25. The van der Waals surface area contributed by atoms with Crippen molar-refractivity contribution in [1.82, 2.24) is 24.3 Å². The van der Waals surface area contributed by atoms with Crippen LogP contribution in [0.25, 0.3) is 22.4 Å². The lowest BCUT2D eigenvalue weighted by atomic mass is 10.1. The van der Waals surface area contributed by atoms with Crippen molar-refractivity contribution in [2.24, 2.45) is 14.1 Å². The summed E-state index contributed by atoms with van der Waals surface area (Å²) in [4.78, 5) is 46.9. The Morgan fingerprint density at radius 2 is 1.91 bits per heavy atom. The second-order valence-corrected chi connectivity index (χ2v) is 8.25. The van der Waals surface area contributed by atoms with Crippen LogP contribution in [-0.2, 0) is 18.9 Å². The fraction of sp³-hybridized carbons (Fsp3) is 0.238. The van der Waals surface area contributed by atoms with Crippen molar-refractivity contribution in [2.45, 2.75) is 18.9 Å². The molecule has 3 aromatic heterocycles. The molecule has 1 aromatic carbocycles. The Kier molecular flexibility index (Phi) is 5.66. The number of carbonyl (C=O) groups is 1. The van der Waals surface area contributed by atoms with Crippen LogP contribution in [0.3, 0.4) is 0 Å². The van der Waals surface area contributed by atoms with Gasteiger partial charge in [-0.2, -0.15) is 0 Å². The van der Waals surface area contributed by atoms with Crippen LogP contribution in [-0.4, -0.2) is 35.9 Å². The smallest absolute Gasteiger partial charge is 0.332 e. The van der Waals surface area contributed by atoms with Gasteiger partial charge in [0, 0.05) is 25.7 Å². The molecule has 32 heavy (non-hydrogen) atoms. The number of carbonyl (C=O) groups excluding carboxylic acids is 1. The number of hydrogen-bond donors (Lipinski definition) is 1. The molecule has 0 spiro atoms. The molecule has 4 rings (SSSR count). The third kappa shape index (κ3) is 4.06. The zero-order chi connectivity index (χ0) is 23.0. The highest BCUT2D eigenvalue weighted by atomic mass is 32.2. The van der Waals surface area contributed by atoms with Crippen LogP contribution in [0.4, 0.5) is 5.82 Å². The number of amides is 1. The number of aromatic nitrogens is 5. The van der Waals surface area contributed by atoms with Gasteiger partial charge in [0.1, 0.15) is 16.2 Å². The van der Waals surface area contributed by atoms with Crippen LogP contribution in [0.2, 0.25) is 0 Å². The van der Waals surface area contributed by atoms with Crippen molar-refractivity contribution in [1.29, 1.82) is 0 Å². The Hall–Kier alpha value is -3.73. The molecular weight excluding hydrogens is 432 g/mol. The number of fused-ring (bicyclic) bond motifs is 1. The van der Waals surface area contributed by atoms with Gasteiger partial charge in [0.2, 0.25) is 5.91 Å². The summed E-state index contributed by atoms with van der Waals surface area (Å²) in [5, 5.41) is 6.87. The summed E-state index contributed by atoms with van der Waals surface area (Å²) >= 11 is 1.08. The van der Waals surface area contributed by atoms with E-state index in [1.807, 2.05) is 31.2 Å². The molecule has 10 nitrogen and oxygen atoms in total. The molecule has 0 aliphatic carbocycles. The van der Waals surface area contributed by atoms with Gasteiger partial charge in [-0.05, 0) is 19.9 Å². The monoisotopic (exact) mass is 452 g/mol. The molecule has 164 valence electrons. The van der Waals surface area contributed by atoms with E-state index in [-0.39, 0.29) is 22.7 Å². The van der Waals surface area contributed by atoms with Crippen LogP contribution in [0.15, 0.2) is 49.5 Å². The van der Waals surface area contributed by atoms with E-state index in [0.717, 1.165) is 27.5 Å². The number of anilines is 1. The quantitative estimate of drug-likeness (QED) is 0.360. The van der Waals surface area contributed by atoms with Gasteiger partial charge in [0.05, 0.1) is 5.75 Å². The van der Waals surface area contributed by atoms with Crippen molar-refractivity contribution in [3.05, 3.63) is 62.5 Å². The molecule has 11 heteroatoms. The summed E-state index contributed by atoms with van der Waals surface area (Å²) in [6.07, 6.45) is 0. The highest BCUT2D eigenvalue weighted by Gasteiger charge is 2.19. The van der Waals surface area contributed by atoms with Gasteiger partial charge >= 0.3 is 5.69 Å². The lowest BCUT2D eigenvalue weighted by Gasteiger charge is -2.12. The molecule has 0 saturated carbocycles. The first-order chi connectivity index (χ1) is 15.2. The van der Waals surface area contributed by atoms with Gasteiger partial charge < -0.3 is 9.84 Å². The van der Waals surface area contributed by atoms with E-state index in [1.165, 1.54) is 11.6 Å². The molecule has 1 N–H and O–H groups in total. The molecule has 0 unspecified atom stereocenters. The number of hydrogen-bond acceptors (Lipinski definition) is 8. The first kappa shape index (κ1) is 21.5. The van der Waals surface area contributed by atoms with Crippen molar-refractivity contribution >= 4 is 34.5 Å². The minimum absolute atomic E-state index is 0.0305. The van der Waals surface area contributed by atoms with Gasteiger partial charge in [-0.1, -0.05) is 40.7 Å². The topological polar surface area (TPSA) is 125 Å². The third-order valence-electron chi connectivity index (χ3n) is 4.78. The molecule has 0 aliphatic rings. The van der Waals surface area contributed by atoms with E-state index in [0.29, 0.717) is 22.4 Å². The minimum atomic E-state index is -0.520. The van der Waals surface area contributed by atoms with Crippen LogP contribution in [0, 0.1) is 13.8 Å². The number of thioether (sulfide) groups is 1. The van der Waals surface area contributed by atoms with Crippen LogP contribution < -0.4 is 16.6 Å². The maximum absolute atomic E-state index is 12.9. The molecule has 0 atom stereocenters. The molecule has 4 aromatic rings. The Morgan fingerprint density at radius 1 is 1.12 bits per heavy atom. The van der Waals surface area contributed by atoms with E-state index < -0.39 is 11.2 Å². The molecule has 0 aliphatic heterocycles. The average Bonchev–Trinajstić information content (AvgIpc) is 3.18. The molecule has 0 bridgehead atoms. The van der Waals surface area contributed by atoms with Crippen molar-refractivity contribution in [3.8, 4) is 11.4 Å². The largest absolute Gasteiger partial charge is 0.360 e. The van der Waals surface area contributed by atoms with E-state index in [4.69, 9.17) is 4.52 Å². The summed E-state index contributed by atoms with van der Waals surface area (Å²) in [5.74, 6) is 0.867. The number of benzene rings is 1. The second kappa shape index (κ2) is 8.42. The average molecular weight is 452 g/mol. The van der Waals surface area contributed by atoms with E-state index in [1.54, 1.807) is 20.0 Å². The van der Waals surface area contributed by atoms with Gasteiger partial charge in [0.15, 0.2) is 17.3 Å². The lowest BCUT2D eigenvalue weighted by Crippen LogP contribution is -2.37. The fourth-order valence-electron chi connectivity index (χ4n) is 3.18. The minimum Gasteiger partial charge on any atom is -0.360 e. The molecule has 0 fully saturated rings. The maximum atomic E-state index is 12.9. The van der Waals surface area contributed by atoms with Crippen LogP contribution in [0.1, 0.15) is 11.3 Å². The number of rotatable bonds is 5. The zero-order valence-corrected chi connectivity index (χ0v) is 18.7. The van der Waals surface area contributed by atoms with Crippen molar-refractivity contribution in [2.75, 3.05) is 11.1 Å². The third-order valence-corrected chi connectivity index (χ3v) is 5.75. The van der Waals surface area contributed by atoms with Gasteiger partial charge in [-0.25, -0.2) is 14.8 Å². The fourth-order valence-corrected chi connectivity index (χ4v) is 4.00. The van der Waals surface area contributed by atoms with E-state index in [9.17, 15) is 14.4 Å². The summed E-state index contributed by atoms with van der Waals surface area (Å²) in [6.45, 7) is 3.67. The highest BCUT2D eigenvalue weighted by Crippen LogP contribution is 2.26. The second-order valence-electron chi connectivity index (χ2n) is 7.29. The van der Waals surface area contributed by atoms with E-state index in [2.05, 4.69) is 20.4 Å². The first-order valence-electron chi connectivity index (χ1n) is 9.65. The summed E-state index contributed by atoms with van der Waals surface area (Å²) in [7, 11) is 2.94. The Bertz CT molecular complexity index is 1470. The molecule has 0 radical (unpaired) electrons. The number of nitrogens with one attached hydrogen (secondary N) is 1. The van der Waals surface area contributed by atoms with Crippen molar-refractivity contribution < 1.29 is 9.32 Å². The predicted octanol–water partition coefficient (Wildman–Crippen LogP) is 2.03. The van der Waals surface area contributed by atoms with Gasteiger partial charge in [-0.3, -0.25) is 18.7 Å². The molecule has 0 saturated heterocycles. The Labute approximate surface area is 186 Å². The SMILES string of the molecule is Cc1cccc(-c2nc(SCC(=O)Nc3cc(C)on3)c3c(=O)n(C)c(=O)n(C)c3n2)c1. The molecular formula is C21H20N6O4S. The maximum Gasteiger partial charge on any atom is 0.332 e. The summed E-state index contributed by atoms with van der Waals surface area (Å²) in [5.41, 5.74) is 0.949. The summed E-state index contributed by atoms with van der Waals surface area (Å²) in [6, 6.07) is 9.18. The number of aryl methyl sites for hydroxylation is 3. The van der Waals surface area contributed by atoms with E-state index >= 15 is 0 Å². The highest BCUT2D eigenvalue weighted by molar-refractivity contribution is 8.00. The Balaban J connectivity index is 1.79. The van der Waals surface area contributed by atoms with Crippen LogP contribution >= 0.6 is 11.8 Å². The molecule has 1 amide bonds. The van der Waals surface area contributed by atoms with Crippen LogP contribution in [0.5, 0.6) is 0 Å².